The average molecular weight is 967 g/mol. The molecule has 0 radical (unpaired) electrons. The zero-order chi connectivity index (χ0) is 49.6. The quantitative estimate of drug-likeness (QED) is 0.0183. The number of carbonyl (C=O) groups excluding carboxylic acids is 2. The lowest BCUT2D eigenvalue weighted by Crippen LogP contribution is -2.61. The van der Waals surface area contributed by atoms with Crippen LogP contribution in [-0.4, -0.2) is 142 Å². The van der Waals surface area contributed by atoms with Crippen molar-refractivity contribution in [2.75, 3.05) is 26.4 Å². The minimum absolute atomic E-state index is 0.112. The van der Waals surface area contributed by atoms with Crippen molar-refractivity contribution in [1.82, 2.24) is 0 Å². The standard InChI is InChI=1S/C53H90O15/c1-3-5-7-9-11-13-15-17-19-20-22-23-25-27-29-31-33-35-44(55)63-38-41(66-45(56)36-34-32-30-28-26-24-21-18-16-14-12-10-8-6-4-2)39-64-52-51(62)49(60)47(58)43(68-52)40-65-53-50(61)48(59)46(57)42(37-54)67-53/h11-14,17-19,21,26,28,41-43,46-54,57-62H,3-10,15-16,20,22-25,27,29-40H2,1-2H3/b13-11+,14-12+,19-17+,21-18+,28-26+/t41-,42+,43+,46-,47-,48?,49?,50?,51?,52+,53+/m0/s1. The number of unbranched alkanes of at least 4 members (excludes halogenated alkanes) is 15. The molecule has 2 heterocycles. The van der Waals surface area contributed by atoms with Crippen LogP contribution in [0.2, 0.25) is 0 Å². The maximum Gasteiger partial charge on any atom is 0.306 e. The normalized spacial score (nSPS) is 26.2. The Kier molecular flexibility index (Phi) is 36.0. The lowest BCUT2D eigenvalue weighted by molar-refractivity contribution is -0.332. The molecule has 0 aliphatic carbocycles. The summed E-state index contributed by atoms with van der Waals surface area (Å²) in [5, 5.41) is 72.1. The average Bonchev–Trinajstić information content (AvgIpc) is 3.33. The van der Waals surface area contributed by atoms with Gasteiger partial charge in [0.15, 0.2) is 18.7 Å². The molecule has 4 unspecified atom stereocenters. The molecule has 2 rings (SSSR count). The summed E-state index contributed by atoms with van der Waals surface area (Å²) in [6.45, 7) is 2.48. The van der Waals surface area contributed by atoms with Crippen LogP contribution in [0.5, 0.6) is 0 Å². The molecule has 392 valence electrons. The minimum Gasteiger partial charge on any atom is -0.462 e. The first-order chi connectivity index (χ1) is 33.0. The molecule has 0 amide bonds. The summed E-state index contributed by atoms with van der Waals surface area (Å²) in [6, 6.07) is 0. The highest BCUT2D eigenvalue weighted by molar-refractivity contribution is 5.70. The number of allylic oxidation sites excluding steroid dienone is 10. The van der Waals surface area contributed by atoms with Gasteiger partial charge in [0.2, 0.25) is 0 Å². The summed E-state index contributed by atoms with van der Waals surface area (Å²) in [7, 11) is 0. The Bertz CT molecular complexity index is 1420. The molecule has 0 aromatic carbocycles. The Morgan fingerprint density at radius 2 is 0.882 bits per heavy atom. The van der Waals surface area contributed by atoms with Crippen molar-refractivity contribution in [1.29, 1.82) is 0 Å². The van der Waals surface area contributed by atoms with Gasteiger partial charge in [0, 0.05) is 12.8 Å². The number of hydrogen-bond donors (Lipinski definition) is 7. The second kappa shape index (κ2) is 39.9. The van der Waals surface area contributed by atoms with E-state index in [0.29, 0.717) is 12.8 Å². The molecule has 0 aromatic rings. The Labute approximate surface area is 407 Å². The van der Waals surface area contributed by atoms with Gasteiger partial charge in [-0.3, -0.25) is 9.59 Å². The topological polar surface area (TPSA) is 231 Å². The Hall–Kier alpha value is -2.80. The fraction of sp³-hybridized carbons (Fsp3) is 0.774. The number of esters is 2. The van der Waals surface area contributed by atoms with Crippen LogP contribution >= 0.6 is 0 Å². The van der Waals surface area contributed by atoms with E-state index in [9.17, 15) is 45.3 Å². The highest BCUT2D eigenvalue weighted by Crippen LogP contribution is 2.26. The molecule has 68 heavy (non-hydrogen) atoms. The summed E-state index contributed by atoms with van der Waals surface area (Å²) in [5.41, 5.74) is 0. The molecule has 7 N–H and O–H groups in total. The van der Waals surface area contributed by atoms with Gasteiger partial charge in [-0.25, -0.2) is 0 Å². The lowest BCUT2D eigenvalue weighted by atomic mass is 9.98. The van der Waals surface area contributed by atoms with E-state index in [0.717, 1.165) is 70.6 Å². The third-order valence-electron chi connectivity index (χ3n) is 12.0. The molecule has 2 fully saturated rings. The third-order valence-corrected chi connectivity index (χ3v) is 12.0. The minimum atomic E-state index is -1.78. The zero-order valence-corrected chi connectivity index (χ0v) is 41.3. The van der Waals surface area contributed by atoms with E-state index < -0.39 is 99.3 Å². The second-order valence-corrected chi connectivity index (χ2v) is 18.0. The van der Waals surface area contributed by atoms with Crippen LogP contribution in [-0.2, 0) is 38.0 Å². The van der Waals surface area contributed by atoms with Crippen LogP contribution < -0.4 is 0 Å². The Balaban J connectivity index is 1.83. The van der Waals surface area contributed by atoms with Gasteiger partial charge in [-0.1, -0.05) is 132 Å². The highest BCUT2D eigenvalue weighted by Gasteiger charge is 2.47. The number of rotatable bonds is 39. The third kappa shape index (κ3) is 27.6. The first-order valence-corrected chi connectivity index (χ1v) is 25.9. The summed E-state index contributed by atoms with van der Waals surface area (Å²) < 4.78 is 33.5. The number of aliphatic hydroxyl groups excluding tert-OH is 7. The molecule has 15 nitrogen and oxygen atoms in total. The van der Waals surface area contributed by atoms with Gasteiger partial charge in [0.1, 0.15) is 55.4 Å². The predicted molar refractivity (Wildman–Crippen MR) is 261 cm³/mol. The SMILES string of the molecule is CCCCC/C=C/C/C=C/C/C=C/CCCCC(=O)O[C@@H](COC(=O)CCCCCCCCC/C=C/C/C=C/CCCCC)CO[C@@H]1O[C@H](CO[C@@H]2O[C@H](CO)[C@H](O)C(O)C2O)[C@H](O)C(O)C1O. The largest absolute Gasteiger partial charge is 0.462 e. The van der Waals surface area contributed by atoms with Crippen LogP contribution in [0.1, 0.15) is 168 Å². The van der Waals surface area contributed by atoms with Crippen molar-refractivity contribution < 1.29 is 73.8 Å². The predicted octanol–water partition coefficient (Wildman–Crippen LogP) is 7.27. The second-order valence-electron chi connectivity index (χ2n) is 18.0. The van der Waals surface area contributed by atoms with E-state index in [1.165, 1.54) is 57.8 Å². The molecular formula is C53H90O15. The smallest absolute Gasteiger partial charge is 0.306 e. The van der Waals surface area contributed by atoms with Crippen molar-refractivity contribution >= 4 is 11.9 Å². The van der Waals surface area contributed by atoms with E-state index in [4.69, 9.17) is 28.4 Å². The van der Waals surface area contributed by atoms with E-state index in [1.807, 2.05) is 0 Å². The molecule has 0 spiro atoms. The number of hydrogen-bond acceptors (Lipinski definition) is 15. The van der Waals surface area contributed by atoms with Gasteiger partial charge in [-0.2, -0.15) is 0 Å². The molecule has 2 aliphatic rings. The number of ether oxygens (including phenoxy) is 6. The van der Waals surface area contributed by atoms with Crippen LogP contribution in [0.4, 0.5) is 0 Å². The summed E-state index contributed by atoms with van der Waals surface area (Å²) >= 11 is 0. The van der Waals surface area contributed by atoms with Gasteiger partial charge in [0.05, 0.1) is 19.8 Å². The zero-order valence-electron chi connectivity index (χ0n) is 41.3. The van der Waals surface area contributed by atoms with Crippen LogP contribution in [0.3, 0.4) is 0 Å². The maximum atomic E-state index is 13.0. The highest BCUT2D eigenvalue weighted by atomic mass is 16.7. The van der Waals surface area contributed by atoms with Crippen molar-refractivity contribution in [3.63, 3.8) is 0 Å². The van der Waals surface area contributed by atoms with Crippen molar-refractivity contribution in [2.24, 2.45) is 0 Å². The maximum absolute atomic E-state index is 13.0. The lowest BCUT2D eigenvalue weighted by Gasteiger charge is -2.42. The monoisotopic (exact) mass is 967 g/mol. The van der Waals surface area contributed by atoms with E-state index >= 15 is 0 Å². The van der Waals surface area contributed by atoms with Gasteiger partial charge in [-0.15, -0.1) is 0 Å². The molecule has 15 heteroatoms. The van der Waals surface area contributed by atoms with Gasteiger partial charge in [0.25, 0.3) is 0 Å². The summed E-state index contributed by atoms with van der Waals surface area (Å²) in [6.07, 6.45) is 28.2. The van der Waals surface area contributed by atoms with Crippen molar-refractivity contribution in [3.8, 4) is 0 Å². The summed E-state index contributed by atoms with van der Waals surface area (Å²) in [5.74, 6) is -0.982. The molecule has 0 saturated carbocycles. The van der Waals surface area contributed by atoms with E-state index in [-0.39, 0.29) is 19.4 Å². The van der Waals surface area contributed by atoms with Gasteiger partial charge in [-0.05, 0) is 83.5 Å². The fourth-order valence-corrected chi connectivity index (χ4v) is 7.66. The Morgan fingerprint density at radius 3 is 1.41 bits per heavy atom. The van der Waals surface area contributed by atoms with Crippen LogP contribution in [0, 0.1) is 0 Å². The number of carbonyl (C=O) groups is 2. The van der Waals surface area contributed by atoms with Crippen molar-refractivity contribution in [3.05, 3.63) is 60.8 Å². The molecule has 0 bridgehead atoms. The van der Waals surface area contributed by atoms with E-state index in [1.54, 1.807) is 0 Å². The molecule has 2 saturated heterocycles. The van der Waals surface area contributed by atoms with E-state index in [2.05, 4.69) is 74.6 Å². The first-order valence-electron chi connectivity index (χ1n) is 25.9. The molecule has 2 aliphatic heterocycles. The molecular weight excluding hydrogens is 877 g/mol. The van der Waals surface area contributed by atoms with Crippen molar-refractivity contribution in [2.45, 2.75) is 235 Å². The summed E-state index contributed by atoms with van der Waals surface area (Å²) in [4.78, 5) is 25.7. The number of aliphatic hydroxyl groups is 7. The van der Waals surface area contributed by atoms with Crippen LogP contribution in [0.15, 0.2) is 60.8 Å². The van der Waals surface area contributed by atoms with Crippen LogP contribution in [0.25, 0.3) is 0 Å². The fourth-order valence-electron chi connectivity index (χ4n) is 7.66. The van der Waals surface area contributed by atoms with Gasteiger partial charge >= 0.3 is 11.9 Å². The molecule has 0 aromatic heterocycles. The van der Waals surface area contributed by atoms with Gasteiger partial charge < -0.3 is 64.2 Å². The molecule has 11 atom stereocenters. The first kappa shape index (κ1) is 61.3. The Morgan fingerprint density at radius 1 is 0.471 bits per heavy atom.